The number of hydrogen-bond donors (Lipinski definition) is 0. The highest BCUT2D eigenvalue weighted by Gasteiger charge is 2.49. The Morgan fingerprint density at radius 1 is 1.15 bits per heavy atom. The minimum absolute atomic E-state index is 0.265. The molecular formula is C22H34F2O2. The number of unbranched alkanes of at least 4 members (excludes halogenated alkanes) is 2. The second-order valence-electron chi connectivity index (χ2n) is 7.92. The Morgan fingerprint density at radius 3 is 2.50 bits per heavy atom. The molecule has 0 aromatic carbocycles. The lowest BCUT2D eigenvalue weighted by atomic mass is 9.75. The van der Waals surface area contributed by atoms with Crippen molar-refractivity contribution in [1.29, 1.82) is 0 Å². The molecule has 148 valence electrons. The van der Waals surface area contributed by atoms with E-state index in [0.717, 1.165) is 56.9 Å². The first-order chi connectivity index (χ1) is 12.5. The van der Waals surface area contributed by atoms with E-state index in [1.807, 2.05) is 0 Å². The Labute approximate surface area is 157 Å². The molecule has 0 aliphatic heterocycles. The van der Waals surface area contributed by atoms with Gasteiger partial charge in [0.1, 0.15) is 5.83 Å². The van der Waals surface area contributed by atoms with E-state index in [0.29, 0.717) is 0 Å². The van der Waals surface area contributed by atoms with Crippen LogP contribution in [0.2, 0.25) is 0 Å². The van der Waals surface area contributed by atoms with Crippen LogP contribution in [0.3, 0.4) is 0 Å². The summed E-state index contributed by atoms with van der Waals surface area (Å²) in [5.74, 6) is -0.196. The van der Waals surface area contributed by atoms with Crippen molar-refractivity contribution in [2.75, 3.05) is 6.61 Å². The second kappa shape index (κ2) is 10.3. The standard InChI is InChI=1S/C22H34F2O2/c1-3-5-6-15-26-22(14-7-9-19(23)21(22)24)20(25)16-18-12-10-17(8-4-2)11-13-18/h7,9,14,17-18,21H,3-6,8,10-13,15-16H2,1-2H3. The zero-order chi connectivity index (χ0) is 19.0. The van der Waals surface area contributed by atoms with Crippen molar-refractivity contribution in [3.8, 4) is 0 Å². The minimum Gasteiger partial charge on any atom is -0.359 e. The average Bonchev–Trinajstić information content (AvgIpc) is 2.64. The lowest BCUT2D eigenvalue weighted by Crippen LogP contribution is -2.50. The quantitative estimate of drug-likeness (QED) is 0.425. The van der Waals surface area contributed by atoms with E-state index in [-0.39, 0.29) is 24.7 Å². The number of ether oxygens (including phenoxy) is 1. The van der Waals surface area contributed by atoms with Crippen LogP contribution < -0.4 is 0 Å². The molecule has 2 atom stereocenters. The highest BCUT2D eigenvalue weighted by molar-refractivity contribution is 5.91. The first-order valence-electron chi connectivity index (χ1n) is 10.4. The monoisotopic (exact) mass is 368 g/mol. The fraction of sp³-hybridized carbons (Fsp3) is 0.773. The van der Waals surface area contributed by atoms with E-state index in [1.54, 1.807) is 0 Å². The summed E-state index contributed by atoms with van der Waals surface area (Å²) in [7, 11) is 0. The third kappa shape index (κ3) is 5.25. The van der Waals surface area contributed by atoms with Crippen LogP contribution in [0.25, 0.3) is 0 Å². The van der Waals surface area contributed by atoms with Crippen LogP contribution in [0, 0.1) is 11.8 Å². The van der Waals surface area contributed by atoms with Crippen LogP contribution in [-0.4, -0.2) is 24.2 Å². The number of carbonyl (C=O) groups is 1. The molecule has 0 radical (unpaired) electrons. The second-order valence-corrected chi connectivity index (χ2v) is 7.92. The lowest BCUT2D eigenvalue weighted by molar-refractivity contribution is -0.147. The number of rotatable bonds is 10. The molecule has 0 heterocycles. The minimum atomic E-state index is -2.03. The number of alkyl halides is 1. The van der Waals surface area contributed by atoms with Gasteiger partial charge in [-0.1, -0.05) is 58.4 Å². The predicted molar refractivity (Wildman–Crippen MR) is 101 cm³/mol. The predicted octanol–water partition coefficient (Wildman–Crippen LogP) is 6.26. The maximum absolute atomic E-state index is 14.7. The molecule has 2 nitrogen and oxygen atoms in total. The molecule has 0 saturated heterocycles. The summed E-state index contributed by atoms with van der Waals surface area (Å²) < 4.78 is 34.4. The van der Waals surface area contributed by atoms with E-state index in [2.05, 4.69) is 13.8 Å². The molecule has 4 heteroatoms. The zero-order valence-corrected chi connectivity index (χ0v) is 16.3. The first kappa shape index (κ1) is 21.3. The van der Waals surface area contributed by atoms with Gasteiger partial charge in [0.05, 0.1) is 0 Å². The van der Waals surface area contributed by atoms with Crippen LogP contribution >= 0.6 is 0 Å². The maximum atomic E-state index is 14.7. The van der Waals surface area contributed by atoms with Crippen molar-refractivity contribution in [3.05, 3.63) is 24.1 Å². The third-order valence-corrected chi connectivity index (χ3v) is 5.88. The van der Waals surface area contributed by atoms with Crippen molar-refractivity contribution < 1.29 is 18.3 Å². The van der Waals surface area contributed by atoms with E-state index in [1.165, 1.54) is 25.0 Å². The van der Waals surface area contributed by atoms with Crippen LogP contribution in [0.1, 0.15) is 78.1 Å². The highest BCUT2D eigenvalue weighted by Crippen LogP contribution is 2.38. The number of ketones is 1. The van der Waals surface area contributed by atoms with Crippen LogP contribution in [0.5, 0.6) is 0 Å². The van der Waals surface area contributed by atoms with Gasteiger partial charge >= 0.3 is 0 Å². The molecule has 0 N–H and O–H groups in total. The van der Waals surface area contributed by atoms with E-state index < -0.39 is 17.6 Å². The van der Waals surface area contributed by atoms with Crippen molar-refractivity contribution in [3.63, 3.8) is 0 Å². The van der Waals surface area contributed by atoms with Gasteiger partial charge in [0, 0.05) is 13.0 Å². The van der Waals surface area contributed by atoms with Crippen molar-refractivity contribution in [2.45, 2.75) is 89.8 Å². The largest absolute Gasteiger partial charge is 0.359 e. The fourth-order valence-corrected chi connectivity index (χ4v) is 4.24. The Kier molecular flexibility index (Phi) is 8.46. The van der Waals surface area contributed by atoms with E-state index >= 15 is 0 Å². The molecule has 1 saturated carbocycles. The summed E-state index contributed by atoms with van der Waals surface area (Å²) in [6.07, 6.45) is 11.6. The van der Waals surface area contributed by atoms with Gasteiger partial charge in [-0.3, -0.25) is 4.79 Å². The molecular weight excluding hydrogens is 334 g/mol. The summed E-state index contributed by atoms with van der Waals surface area (Å²) in [6.45, 7) is 4.55. The van der Waals surface area contributed by atoms with Crippen LogP contribution in [0.4, 0.5) is 8.78 Å². The molecule has 2 aliphatic rings. The molecule has 0 spiro atoms. The zero-order valence-electron chi connectivity index (χ0n) is 16.3. The molecule has 2 aliphatic carbocycles. The van der Waals surface area contributed by atoms with Crippen molar-refractivity contribution in [1.82, 2.24) is 0 Å². The highest BCUT2D eigenvalue weighted by atomic mass is 19.2. The summed E-state index contributed by atoms with van der Waals surface area (Å²) in [5, 5.41) is 0. The number of hydrogen-bond acceptors (Lipinski definition) is 2. The molecule has 0 aromatic heterocycles. The number of Topliss-reactive ketones (excluding diaryl/α,β-unsaturated/α-hetero) is 1. The van der Waals surface area contributed by atoms with E-state index in [9.17, 15) is 13.6 Å². The summed E-state index contributed by atoms with van der Waals surface area (Å²) in [5.41, 5.74) is -1.77. The van der Waals surface area contributed by atoms with Gasteiger partial charge in [-0.25, -0.2) is 8.78 Å². The normalized spacial score (nSPS) is 31.7. The van der Waals surface area contributed by atoms with Crippen molar-refractivity contribution in [2.24, 2.45) is 11.8 Å². The van der Waals surface area contributed by atoms with Gasteiger partial charge < -0.3 is 4.74 Å². The van der Waals surface area contributed by atoms with Gasteiger partial charge in [0.15, 0.2) is 17.6 Å². The summed E-state index contributed by atoms with van der Waals surface area (Å²) in [6, 6.07) is 0. The fourth-order valence-electron chi connectivity index (χ4n) is 4.24. The van der Waals surface area contributed by atoms with Crippen LogP contribution in [0.15, 0.2) is 24.1 Å². The first-order valence-corrected chi connectivity index (χ1v) is 10.4. The molecule has 2 rings (SSSR count). The Bertz CT molecular complexity index is 506. The Balaban J connectivity index is 2.00. The van der Waals surface area contributed by atoms with Gasteiger partial charge in [-0.15, -0.1) is 0 Å². The van der Waals surface area contributed by atoms with Gasteiger partial charge in [-0.2, -0.15) is 0 Å². The summed E-state index contributed by atoms with van der Waals surface area (Å²) >= 11 is 0. The molecule has 0 aromatic rings. The topological polar surface area (TPSA) is 26.3 Å². The molecule has 2 unspecified atom stereocenters. The number of halogens is 2. The molecule has 0 amide bonds. The molecule has 26 heavy (non-hydrogen) atoms. The third-order valence-electron chi connectivity index (χ3n) is 5.88. The van der Waals surface area contributed by atoms with Gasteiger partial charge in [0.2, 0.25) is 0 Å². The number of allylic oxidation sites excluding steroid dienone is 2. The van der Waals surface area contributed by atoms with Crippen molar-refractivity contribution >= 4 is 5.78 Å². The Hall–Kier alpha value is -1.03. The smallest absolute Gasteiger partial charge is 0.191 e. The Morgan fingerprint density at radius 2 is 1.85 bits per heavy atom. The molecule has 0 bridgehead atoms. The maximum Gasteiger partial charge on any atom is 0.191 e. The lowest BCUT2D eigenvalue weighted by Gasteiger charge is -2.36. The van der Waals surface area contributed by atoms with E-state index in [4.69, 9.17) is 4.74 Å². The van der Waals surface area contributed by atoms with Gasteiger partial charge in [-0.05, 0) is 43.3 Å². The summed E-state index contributed by atoms with van der Waals surface area (Å²) in [4.78, 5) is 13.0. The molecule has 1 fully saturated rings. The SMILES string of the molecule is CCCCCOC1(C(=O)CC2CCC(CCC)CC2)C=CC=C(F)C1F. The van der Waals surface area contributed by atoms with Crippen LogP contribution in [-0.2, 0) is 9.53 Å². The average molecular weight is 369 g/mol. The number of carbonyl (C=O) groups excluding carboxylic acids is 1. The van der Waals surface area contributed by atoms with Gasteiger partial charge in [0.25, 0.3) is 0 Å².